The third-order valence-electron chi connectivity index (χ3n) is 4.47. The predicted octanol–water partition coefficient (Wildman–Crippen LogP) is 2.23. The number of nitrogens with two attached hydrogens (primary N) is 1. The maximum atomic E-state index is 8.59. The Morgan fingerprint density at radius 2 is 1.96 bits per heavy atom. The first-order chi connectivity index (χ1) is 12.1. The molecule has 1 saturated heterocycles. The molecule has 2 aromatic rings. The molecule has 1 fully saturated rings. The van der Waals surface area contributed by atoms with Gasteiger partial charge in [0.1, 0.15) is 11.6 Å². The van der Waals surface area contributed by atoms with Crippen molar-refractivity contribution in [1.29, 1.82) is 5.41 Å². The highest BCUT2D eigenvalue weighted by Crippen LogP contribution is 2.24. The molecule has 3 rings (SSSR count). The molecule has 0 bridgehead atoms. The Balaban J connectivity index is 1.85. The fourth-order valence-electron chi connectivity index (χ4n) is 2.95. The fourth-order valence-corrected chi connectivity index (χ4v) is 2.95. The summed E-state index contributed by atoms with van der Waals surface area (Å²) in [6.45, 7) is 6.45. The molecule has 3 N–H and O–H groups in total. The number of anilines is 2. The van der Waals surface area contributed by atoms with Gasteiger partial charge in [-0.05, 0) is 44.3 Å². The second kappa shape index (κ2) is 7.53. The molecule has 1 aliphatic rings. The first kappa shape index (κ1) is 17.2. The highest BCUT2D eigenvalue weighted by atomic mass is 16.5. The highest BCUT2D eigenvalue weighted by Gasteiger charge is 2.17. The number of likely N-dealkylation sites (N-methyl/N-ethyl adjacent to an activating group) is 1. The van der Waals surface area contributed by atoms with Crippen LogP contribution in [0.1, 0.15) is 18.1 Å². The van der Waals surface area contributed by atoms with Gasteiger partial charge in [0, 0.05) is 49.2 Å². The molecular formula is C19H25N5O. The van der Waals surface area contributed by atoms with Gasteiger partial charge in [0.05, 0.1) is 12.3 Å². The second-order valence-electron chi connectivity index (χ2n) is 6.25. The van der Waals surface area contributed by atoms with Crippen molar-refractivity contribution in [2.24, 2.45) is 0 Å². The van der Waals surface area contributed by atoms with E-state index in [2.05, 4.69) is 21.8 Å². The molecule has 0 aliphatic carbocycles. The summed E-state index contributed by atoms with van der Waals surface area (Å²) in [5, 5.41) is 8.59. The molecule has 1 aromatic heterocycles. The van der Waals surface area contributed by atoms with Gasteiger partial charge >= 0.3 is 0 Å². The molecule has 132 valence electrons. The summed E-state index contributed by atoms with van der Waals surface area (Å²) < 4.78 is 5.54. The van der Waals surface area contributed by atoms with Crippen LogP contribution in [0.4, 0.5) is 11.5 Å². The lowest BCUT2D eigenvalue weighted by Crippen LogP contribution is -2.44. The molecule has 6 nitrogen and oxygen atoms in total. The van der Waals surface area contributed by atoms with Crippen molar-refractivity contribution in [3.63, 3.8) is 0 Å². The van der Waals surface area contributed by atoms with Gasteiger partial charge in [0.25, 0.3) is 0 Å². The summed E-state index contributed by atoms with van der Waals surface area (Å²) in [6.07, 6.45) is 1.76. The van der Waals surface area contributed by atoms with Gasteiger partial charge < -0.3 is 20.3 Å². The number of piperazine rings is 1. The van der Waals surface area contributed by atoms with Gasteiger partial charge in [-0.2, -0.15) is 0 Å². The predicted molar refractivity (Wildman–Crippen MR) is 102 cm³/mol. The minimum atomic E-state index is 0.386. The maximum absolute atomic E-state index is 8.59. The first-order valence-electron chi connectivity index (χ1n) is 8.59. The summed E-state index contributed by atoms with van der Waals surface area (Å²) in [5.41, 5.74) is 8.54. The molecule has 6 heteroatoms. The van der Waals surface area contributed by atoms with Crippen molar-refractivity contribution >= 4 is 17.2 Å². The number of hydrogen-bond donors (Lipinski definition) is 2. The number of rotatable bonds is 5. The van der Waals surface area contributed by atoms with E-state index in [4.69, 9.17) is 15.9 Å². The minimum absolute atomic E-state index is 0.386. The van der Waals surface area contributed by atoms with Crippen LogP contribution in [0.15, 0.2) is 36.5 Å². The zero-order valence-corrected chi connectivity index (χ0v) is 14.8. The van der Waals surface area contributed by atoms with Gasteiger partial charge in [-0.1, -0.05) is 0 Å². The van der Waals surface area contributed by atoms with Gasteiger partial charge in [0.2, 0.25) is 0 Å². The first-order valence-corrected chi connectivity index (χ1v) is 8.59. The maximum Gasteiger partial charge on any atom is 0.129 e. The van der Waals surface area contributed by atoms with E-state index in [1.54, 1.807) is 12.3 Å². The van der Waals surface area contributed by atoms with Gasteiger partial charge in [-0.25, -0.2) is 4.98 Å². The molecule has 0 radical (unpaired) electrons. The van der Waals surface area contributed by atoms with Crippen LogP contribution < -0.4 is 15.4 Å². The molecule has 2 heterocycles. The van der Waals surface area contributed by atoms with E-state index in [1.807, 2.05) is 31.2 Å². The molecule has 0 saturated carbocycles. The van der Waals surface area contributed by atoms with E-state index in [-0.39, 0.29) is 0 Å². The van der Waals surface area contributed by atoms with Gasteiger partial charge in [-0.15, -0.1) is 0 Å². The van der Waals surface area contributed by atoms with E-state index in [9.17, 15) is 0 Å². The Bertz CT molecular complexity index is 753. The summed E-state index contributed by atoms with van der Waals surface area (Å²) >= 11 is 0. The SMILES string of the molecule is CCOc1ccc(N)c(C(=N)c2ccnc(N3CCN(C)CC3)c2)c1. The number of aromatic nitrogens is 1. The second-order valence-corrected chi connectivity index (χ2v) is 6.25. The average molecular weight is 339 g/mol. The number of pyridine rings is 1. The fraction of sp³-hybridized carbons (Fsp3) is 0.368. The highest BCUT2D eigenvalue weighted by molar-refractivity contribution is 6.14. The molecular weight excluding hydrogens is 314 g/mol. The van der Waals surface area contributed by atoms with Gasteiger partial charge in [-0.3, -0.25) is 5.41 Å². The van der Waals surface area contributed by atoms with Gasteiger partial charge in [0.15, 0.2) is 0 Å². The Hall–Kier alpha value is -2.60. The standard InChI is InChI=1S/C19H25N5O/c1-3-25-15-4-5-17(20)16(13-15)19(21)14-6-7-22-18(12-14)24-10-8-23(2)9-11-24/h4-7,12-13,21H,3,8-11,20H2,1-2H3. The van der Waals surface area contributed by atoms with E-state index in [1.165, 1.54) is 0 Å². The van der Waals surface area contributed by atoms with Crippen molar-refractivity contribution in [1.82, 2.24) is 9.88 Å². The quantitative estimate of drug-likeness (QED) is 0.645. The van der Waals surface area contributed by atoms with Crippen LogP contribution in [-0.2, 0) is 0 Å². The molecule has 0 atom stereocenters. The Morgan fingerprint density at radius 3 is 2.68 bits per heavy atom. The van der Waals surface area contributed by atoms with Crippen LogP contribution in [0.3, 0.4) is 0 Å². The van der Waals surface area contributed by atoms with Crippen LogP contribution >= 0.6 is 0 Å². The number of nitrogens with zero attached hydrogens (tertiary/aromatic N) is 3. The van der Waals surface area contributed by atoms with E-state index in [0.717, 1.165) is 43.3 Å². The topological polar surface area (TPSA) is 78.5 Å². The summed E-state index contributed by atoms with van der Waals surface area (Å²) in [4.78, 5) is 9.06. The Labute approximate surface area is 148 Å². The van der Waals surface area contributed by atoms with E-state index >= 15 is 0 Å². The molecule has 0 spiro atoms. The largest absolute Gasteiger partial charge is 0.494 e. The van der Waals surface area contributed by atoms with Crippen molar-refractivity contribution in [2.75, 3.05) is 50.5 Å². The number of ether oxygens (including phenoxy) is 1. The third kappa shape index (κ3) is 3.91. The van der Waals surface area contributed by atoms with Crippen molar-refractivity contribution < 1.29 is 4.74 Å². The molecule has 1 aromatic carbocycles. The summed E-state index contributed by atoms with van der Waals surface area (Å²) in [6, 6.07) is 9.28. The summed E-state index contributed by atoms with van der Waals surface area (Å²) in [5.74, 6) is 1.64. The number of hydrogen-bond acceptors (Lipinski definition) is 6. The molecule has 0 amide bonds. The van der Waals surface area contributed by atoms with Crippen molar-refractivity contribution in [3.8, 4) is 5.75 Å². The van der Waals surface area contributed by atoms with Crippen LogP contribution in [0, 0.1) is 5.41 Å². The minimum Gasteiger partial charge on any atom is -0.494 e. The number of benzene rings is 1. The Morgan fingerprint density at radius 1 is 1.20 bits per heavy atom. The van der Waals surface area contributed by atoms with E-state index < -0.39 is 0 Å². The molecule has 1 aliphatic heterocycles. The van der Waals surface area contributed by atoms with Crippen LogP contribution in [0.25, 0.3) is 0 Å². The number of nitrogens with one attached hydrogen (secondary N) is 1. The lowest BCUT2D eigenvalue weighted by Gasteiger charge is -2.33. The third-order valence-corrected chi connectivity index (χ3v) is 4.47. The van der Waals surface area contributed by atoms with Crippen molar-refractivity contribution in [3.05, 3.63) is 47.7 Å². The van der Waals surface area contributed by atoms with E-state index in [0.29, 0.717) is 23.6 Å². The average Bonchev–Trinajstić information content (AvgIpc) is 2.64. The van der Waals surface area contributed by atoms with Crippen LogP contribution in [-0.4, -0.2) is 55.4 Å². The van der Waals surface area contributed by atoms with Crippen LogP contribution in [0.2, 0.25) is 0 Å². The monoisotopic (exact) mass is 339 g/mol. The normalized spacial score (nSPS) is 15.2. The molecule has 0 unspecified atom stereocenters. The smallest absolute Gasteiger partial charge is 0.129 e. The lowest BCUT2D eigenvalue weighted by atomic mass is 10.0. The lowest BCUT2D eigenvalue weighted by molar-refractivity contribution is 0.312. The zero-order valence-electron chi connectivity index (χ0n) is 14.8. The summed E-state index contributed by atoms with van der Waals surface area (Å²) in [7, 11) is 2.13. The number of nitrogen functional groups attached to an aromatic ring is 1. The Kier molecular flexibility index (Phi) is 5.19. The van der Waals surface area contributed by atoms with Crippen LogP contribution in [0.5, 0.6) is 5.75 Å². The zero-order chi connectivity index (χ0) is 17.8. The van der Waals surface area contributed by atoms with Crippen molar-refractivity contribution in [2.45, 2.75) is 6.92 Å². The molecule has 25 heavy (non-hydrogen) atoms.